The Hall–Kier alpha value is -2.71. The number of aromatic nitrogens is 3. The Morgan fingerprint density at radius 2 is 2.07 bits per heavy atom. The van der Waals surface area contributed by atoms with Gasteiger partial charge in [0, 0.05) is 24.2 Å². The molecule has 29 heavy (non-hydrogen) atoms. The molecule has 2 aromatic heterocycles. The highest BCUT2D eigenvalue weighted by molar-refractivity contribution is 6.31. The molecule has 0 radical (unpaired) electrons. The number of fused-ring (bicyclic) bond motifs is 1. The third-order valence-corrected chi connectivity index (χ3v) is 5.17. The predicted molar refractivity (Wildman–Crippen MR) is 113 cm³/mol. The Bertz CT molecular complexity index is 1020. The minimum absolute atomic E-state index is 0.00851. The van der Waals surface area contributed by atoms with E-state index in [0.29, 0.717) is 29.3 Å². The van der Waals surface area contributed by atoms with Crippen molar-refractivity contribution in [3.63, 3.8) is 0 Å². The van der Waals surface area contributed by atoms with E-state index in [1.807, 2.05) is 6.92 Å². The van der Waals surface area contributed by atoms with Crippen molar-refractivity contribution in [2.24, 2.45) is 0 Å². The Morgan fingerprint density at radius 3 is 2.76 bits per heavy atom. The third-order valence-electron chi connectivity index (χ3n) is 4.88. The molecule has 0 spiro atoms. The standard InChI is InChI=1S/C20H24ClFN6O/c1-4-28(5-2)9-8-23-20(29)18-12(3)17-16(26-18)11-24-27-19(17)25-13-6-7-15(22)14(21)10-13/h6-7,10-11,26H,4-5,8-9H2,1-3H3,(H,23,29)(H,25,27). The van der Waals surface area contributed by atoms with Crippen LogP contribution < -0.4 is 10.6 Å². The lowest BCUT2D eigenvalue weighted by atomic mass is 10.1. The molecule has 3 aromatic rings. The number of nitrogens with zero attached hydrogens (tertiary/aromatic N) is 3. The van der Waals surface area contributed by atoms with Crippen LogP contribution in [-0.4, -0.2) is 52.2 Å². The van der Waals surface area contributed by atoms with E-state index in [-0.39, 0.29) is 10.9 Å². The quantitative estimate of drug-likeness (QED) is 0.517. The molecule has 0 aliphatic rings. The van der Waals surface area contributed by atoms with Crippen molar-refractivity contribution in [2.75, 3.05) is 31.5 Å². The predicted octanol–water partition coefficient (Wildman–Crippen LogP) is 3.87. The van der Waals surface area contributed by atoms with Crippen LogP contribution in [0.1, 0.15) is 29.9 Å². The molecule has 154 valence electrons. The summed E-state index contributed by atoms with van der Waals surface area (Å²) in [6.07, 6.45) is 1.57. The number of halogens is 2. The Labute approximate surface area is 173 Å². The van der Waals surface area contributed by atoms with E-state index < -0.39 is 5.82 Å². The van der Waals surface area contributed by atoms with Gasteiger partial charge in [-0.2, -0.15) is 5.10 Å². The average molecular weight is 419 g/mol. The molecular weight excluding hydrogens is 395 g/mol. The lowest BCUT2D eigenvalue weighted by molar-refractivity contribution is 0.0944. The Balaban J connectivity index is 1.82. The van der Waals surface area contributed by atoms with E-state index >= 15 is 0 Å². The molecule has 2 heterocycles. The van der Waals surface area contributed by atoms with Gasteiger partial charge in [-0.25, -0.2) is 4.39 Å². The summed E-state index contributed by atoms with van der Waals surface area (Å²) in [6, 6.07) is 4.31. The molecule has 0 unspecified atom stereocenters. The fourth-order valence-corrected chi connectivity index (χ4v) is 3.38. The minimum Gasteiger partial charge on any atom is -0.349 e. The van der Waals surface area contributed by atoms with Gasteiger partial charge in [0.25, 0.3) is 5.91 Å². The SMILES string of the molecule is CCN(CC)CCNC(=O)c1[nH]c2cnnc(Nc3ccc(F)c(Cl)c3)c2c1C. The second-order valence-corrected chi connectivity index (χ2v) is 7.05. The number of amides is 1. The summed E-state index contributed by atoms with van der Waals surface area (Å²) in [4.78, 5) is 18.0. The summed E-state index contributed by atoms with van der Waals surface area (Å²) >= 11 is 5.85. The number of aryl methyl sites for hydroxylation is 1. The van der Waals surface area contributed by atoms with E-state index in [1.54, 1.807) is 12.3 Å². The molecule has 9 heteroatoms. The highest BCUT2D eigenvalue weighted by Crippen LogP contribution is 2.29. The summed E-state index contributed by atoms with van der Waals surface area (Å²) in [5.41, 5.74) is 2.48. The van der Waals surface area contributed by atoms with Gasteiger partial charge >= 0.3 is 0 Å². The summed E-state index contributed by atoms with van der Waals surface area (Å²) < 4.78 is 13.4. The first-order chi connectivity index (χ1) is 13.9. The van der Waals surface area contributed by atoms with Crippen molar-refractivity contribution in [3.8, 4) is 0 Å². The van der Waals surface area contributed by atoms with Gasteiger partial charge in [-0.1, -0.05) is 25.4 Å². The number of carbonyl (C=O) groups is 1. The molecule has 0 aliphatic heterocycles. The first-order valence-corrected chi connectivity index (χ1v) is 9.89. The molecule has 3 rings (SSSR count). The van der Waals surface area contributed by atoms with E-state index in [4.69, 9.17) is 11.6 Å². The Kier molecular flexibility index (Phi) is 6.66. The van der Waals surface area contributed by atoms with Crippen molar-refractivity contribution in [1.29, 1.82) is 0 Å². The van der Waals surface area contributed by atoms with Crippen molar-refractivity contribution in [1.82, 2.24) is 25.4 Å². The molecule has 0 fully saturated rings. The van der Waals surface area contributed by atoms with Crippen LogP contribution in [0.25, 0.3) is 10.9 Å². The first-order valence-electron chi connectivity index (χ1n) is 9.51. The summed E-state index contributed by atoms with van der Waals surface area (Å²) in [6.45, 7) is 9.27. The summed E-state index contributed by atoms with van der Waals surface area (Å²) in [7, 11) is 0. The van der Waals surface area contributed by atoms with Crippen molar-refractivity contribution in [2.45, 2.75) is 20.8 Å². The number of rotatable bonds is 8. The monoisotopic (exact) mass is 418 g/mol. The molecule has 1 amide bonds. The fourth-order valence-electron chi connectivity index (χ4n) is 3.20. The maximum atomic E-state index is 13.4. The van der Waals surface area contributed by atoms with Crippen molar-refractivity contribution < 1.29 is 9.18 Å². The van der Waals surface area contributed by atoms with Gasteiger partial charge in [0.15, 0.2) is 5.82 Å². The zero-order valence-corrected chi connectivity index (χ0v) is 17.4. The number of H-pyrrole nitrogens is 1. The maximum Gasteiger partial charge on any atom is 0.268 e. The number of nitrogens with one attached hydrogen (secondary N) is 3. The zero-order chi connectivity index (χ0) is 21.0. The Morgan fingerprint density at radius 1 is 1.31 bits per heavy atom. The normalized spacial score (nSPS) is 11.2. The highest BCUT2D eigenvalue weighted by Gasteiger charge is 2.18. The molecule has 1 aromatic carbocycles. The average Bonchev–Trinajstić information content (AvgIpc) is 3.06. The fraction of sp³-hybridized carbons (Fsp3) is 0.350. The number of aromatic amines is 1. The van der Waals surface area contributed by atoms with E-state index in [1.165, 1.54) is 12.1 Å². The van der Waals surface area contributed by atoms with E-state index in [0.717, 1.165) is 30.6 Å². The molecule has 0 bridgehead atoms. The van der Waals surface area contributed by atoms with Gasteiger partial charge in [0.1, 0.15) is 11.5 Å². The zero-order valence-electron chi connectivity index (χ0n) is 16.6. The minimum atomic E-state index is -0.497. The maximum absolute atomic E-state index is 13.4. The van der Waals surface area contributed by atoms with Crippen LogP contribution in [0.4, 0.5) is 15.9 Å². The number of likely N-dealkylation sites (N-methyl/N-ethyl adjacent to an activating group) is 1. The molecule has 7 nitrogen and oxygen atoms in total. The van der Waals surface area contributed by atoms with Gasteiger partial charge in [-0.05, 0) is 43.8 Å². The smallest absolute Gasteiger partial charge is 0.268 e. The molecule has 0 aliphatic carbocycles. The van der Waals surface area contributed by atoms with Crippen LogP contribution in [0.2, 0.25) is 5.02 Å². The van der Waals surface area contributed by atoms with Crippen LogP contribution in [0.5, 0.6) is 0 Å². The molecular formula is C20H24ClFN6O. The second-order valence-electron chi connectivity index (χ2n) is 6.64. The summed E-state index contributed by atoms with van der Waals surface area (Å²) in [5.74, 6) is -0.217. The lowest BCUT2D eigenvalue weighted by Crippen LogP contribution is -2.35. The van der Waals surface area contributed by atoms with E-state index in [9.17, 15) is 9.18 Å². The third kappa shape index (κ3) is 4.65. The largest absolute Gasteiger partial charge is 0.349 e. The van der Waals surface area contributed by atoms with Gasteiger partial charge in [-0.15, -0.1) is 5.10 Å². The highest BCUT2D eigenvalue weighted by atomic mass is 35.5. The van der Waals surface area contributed by atoms with Gasteiger partial charge in [0.2, 0.25) is 0 Å². The van der Waals surface area contributed by atoms with Gasteiger partial charge < -0.3 is 20.5 Å². The molecule has 0 saturated heterocycles. The van der Waals surface area contributed by atoms with Crippen LogP contribution in [0.3, 0.4) is 0 Å². The van der Waals surface area contributed by atoms with Crippen LogP contribution in [-0.2, 0) is 0 Å². The van der Waals surface area contributed by atoms with Crippen molar-refractivity contribution >= 4 is 39.9 Å². The number of benzene rings is 1. The van der Waals surface area contributed by atoms with Crippen LogP contribution in [0.15, 0.2) is 24.4 Å². The second kappa shape index (κ2) is 9.19. The van der Waals surface area contributed by atoms with E-state index in [2.05, 4.69) is 44.6 Å². The number of anilines is 2. The first kappa shape index (κ1) is 21.0. The number of hydrogen-bond acceptors (Lipinski definition) is 5. The number of hydrogen-bond donors (Lipinski definition) is 3. The summed E-state index contributed by atoms with van der Waals surface area (Å²) in [5, 5.41) is 14.9. The number of carbonyl (C=O) groups excluding carboxylic acids is 1. The van der Waals surface area contributed by atoms with Gasteiger partial charge in [-0.3, -0.25) is 4.79 Å². The van der Waals surface area contributed by atoms with Crippen molar-refractivity contribution in [3.05, 3.63) is 46.5 Å². The lowest BCUT2D eigenvalue weighted by Gasteiger charge is -2.17. The molecule has 0 atom stereocenters. The topological polar surface area (TPSA) is 85.9 Å². The van der Waals surface area contributed by atoms with Gasteiger partial charge in [0.05, 0.1) is 16.7 Å². The molecule has 0 saturated carbocycles. The molecule has 3 N–H and O–H groups in total. The van der Waals surface area contributed by atoms with Crippen LogP contribution >= 0.6 is 11.6 Å². The van der Waals surface area contributed by atoms with Crippen LogP contribution in [0, 0.1) is 12.7 Å².